The van der Waals surface area contributed by atoms with E-state index in [4.69, 9.17) is 0 Å². The zero-order chi connectivity index (χ0) is 50.9. The first kappa shape index (κ1) is 52.1. The Morgan fingerprint density at radius 2 is 0.500 bits per heavy atom. The van der Waals surface area contributed by atoms with Gasteiger partial charge in [0.05, 0.1) is 4.90 Å². The van der Waals surface area contributed by atoms with Crippen molar-refractivity contribution in [1.29, 1.82) is 0 Å². The zero-order valence-electron chi connectivity index (χ0n) is 44.9. The normalized spacial score (nSPS) is 12.1. The average Bonchev–Trinajstić information content (AvgIpc) is 3.32. The van der Waals surface area contributed by atoms with Gasteiger partial charge < -0.3 is 0 Å². The van der Waals surface area contributed by atoms with Crippen LogP contribution in [0.15, 0.2) is 132 Å². The molecule has 0 N–H and O–H groups in total. The second kappa shape index (κ2) is 21.7. The summed E-state index contributed by atoms with van der Waals surface area (Å²) >= 11 is 0.735. The predicted octanol–water partition coefficient (Wildman–Crippen LogP) is 21.0. The maximum absolute atomic E-state index is 13.2. The molecule has 0 aliphatic rings. The molecule has 0 aromatic heterocycles. The first-order chi connectivity index (χ1) is 33.2. The van der Waals surface area contributed by atoms with Crippen molar-refractivity contribution in [2.45, 2.75) is 163 Å². The molecule has 0 atom stereocenters. The maximum Gasteiger partial charge on any atom is 0.266 e. The Bertz CT molecular complexity index is 2560. The summed E-state index contributed by atoms with van der Waals surface area (Å²) in [6, 6.07) is 47.5. The number of rotatable bonds is 16. The summed E-state index contributed by atoms with van der Waals surface area (Å²) in [7, 11) is 0. The molecule has 0 bridgehead atoms. The van der Waals surface area contributed by atoms with Crippen LogP contribution in [0.2, 0.25) is 0 Å². The summed E-state index contributed by atoms with van der Waals surface area (Å²) in [5, 5.41) is 13.2. The molecule has 0 amide bonds. The minimum atomic E-state index is -0.219. The summed E-state index contributed by atoms with van der Waals surface area (Å²) in [6.45, 7) is 36.5. The van der Waals surface area contributed by atoms with E-state index in [0.717, 1.165) is 56.5 Å². The van der Waals surface area contributed by atoms with Gasteiger partial charge in [-0.3, -0.25) is 10.1 Å². The lowest BCUT2D eigenvalue weighted by molar-refractivity contribution is -0.284. The largest absolute Gasteiger partial charge is 0.266 e. The van der Waals surface area contributed by atoms with Gasteiger partial charge in [-0.1, -0.05) is 202 Å². The van der Waals surface area contributed by atoms with Crippen molar-refractivity contribution < 1.29 is 4.33 Å². The molecule has 3 nitrogen and oxygen atoms in total. The van der Waals surface area contributed by atoms with E-state index < -0.39 is 0 Å². The quantitative estimate of drug-likeness (QED) is 0.0551. The molecule has 0 aliphatic heterocycles. The van der Waals surface area contributed by atoms with Crippen LogP contribution in [0.1, 0.15) is 203 Å². The van der Waals surface area contributed by atoms with E-state index >= 15 is 0 Å². The summed E-state index contributed by atoms with van der Waals surface area (Å²) in [6.07, 6.45) is 0. The van der Waals surface area contributed by atoms with Crippen LogP contribution in [0.4, 0.5) is 0 Å². The van der Waals surface area contributed by atoms with Crippen molar-refractivity contribution in [3.05, 3.63) is 182 Å². The van der Waals surface area contributed by atoms with Crippen LogP contribution < -0.4 is 0 Å². The Hall–Kier alpha value is -5.71. The van der Waals surface area contributed by atoms with E-state index in [2.05, 4.69) is 238 Å². The second-order valence-electron chi connectivity index (χ2n) is 22.1. The summed E-state index contributed by atoms with van der Waals surface area (Å²) in [5.74, 6) is 2.29. The maximum atomic E-state index is 13.2. The standard InChI is InChI=1S/C66H77NO2S/c1-38(2)52-22-17-23-53(39(3)4)62(52)48-32-46(33-49(36-48)63-54(40(5)6)24-18-25-55(63)41(7)8)60-30-21-31-61(66(60)70-67(68)69)47-34-50(64-56(42(9)10)26-19-27-57(64)43(11)12)37-51(35-47)65-58(44(13)14)28-20-29-59(65)45(15)16/h17-45H,1-16H3. The molecule has 0 saturated heterocycles. The number of benzene rings is 7. The number of nitro groups is 1. The second-order valence-corrected chi connectivity index (χ2v) is 23.0. The molecule has 364 valence electrons. The Morgan fingerprint density at radius 3 is 0.686 bits per heavy atom. The molecule has 0 fully saturated rings. The van der Waals surface area contributed by atoms with Gasteiger partial charge in [-0.05, 0) is 184 Å². The van der Waals surface area contributed by atoms with E-state index in [-0.39, 0.29) is 51.7 Å². The highest BCUT2D eigenvalue weighted by Crippen LogP contribution is 2.49. The van der Waals surface area contributed by atoms with Gasteiger partial charge in [0.25, 0.3) is 11.9 Å². The third kappa shape index (κ3) is 10.6. The molecule has 70 heavy (non-hydrogen) atoms. The predicted molar refractivity (Wildman–Crippen MR) is 305 cm³/mol. The van der Waals surface area contributed by atoms with Crippen LogP contribution in [-0.2, 0) is 0 Å². The molecule has 0 aliphatic carbocycles. The van der Waals surface area contributed by atoms with Crippen molar-refractivity contribution >= 4 is 11.9 Å². The summed E-state index contributed by atoms with van der Waals surface area (Å²) in [4.78, 5) is 13.9. The molecule has 7 rings (SSSR count). The first-order valence-corrected chi connectivity index (χ1v) is 26.8. The lowest BCUT2D eigenvalue weighted by Crippen LogP contribution is -2.03. The fraction of sp³-hybridized carbons (Fsp3) is 0.364. The minimum absolute atomic E-state index is 0.219. The molecular weight excluding hydrogens is 871 g/mol. The third-order valence-corrected chi connectivity index (χ3v) is 15.1. The van der Waals surface area contributed by atoms with Crippen LogP contribution in [-0.4, -0.2) is 4.33 Å². The average molecular weight is 948 g/mol. The van der Waals surface area contributed by atoms with Crippen molar-refractivity contribution in [3.63, 3.8) is 0 Å². The van der Waals surface area contributed by atoms with Gasteiger partial charge in [0.1, 0.15) is 4.33 Å². The fourth-order valence-electron chi connectivity index (χ4n) is 10.8. The Kier molecular flexibility index (Phi) is 16.2. The third-order valence-electron chi connectivity index (χ3n) is 14.3. The number of hydrogen-bond acceptors (Lipinski definition) is 3. The highest BCUT2D eigenvalue weighted by molar-refractivity contribution is 7.93. The Labute approximate surface area is 425 Å². The molecule has 0 spiro atoms. The molecule has 0 saturated carbocycles. The van der Waals surface area contributed by atoms with Gasteiger partial charge in [-0.15, -0.1) is 0 Å². The zero-order valence-corrected chi connectivity index (χ0v) is 45.7. The van der Waals surface area contributed by atoms with E-state index in [1.807, 2.05) is 0 Å². The SMILES string of the molecule is CC(C)c1cccc(C(C)C)c1-c1cc(-c2cccc(-c3cc(-c4c(C(C)C)cccc4C(C)C)cc(-c4c(C(C)C)cccc4C(C)C)c3)c2S[N+](=O)[O-])cc(-c2c(C(C)C)cccc2C(C)C)c1. The highest BCUT2D eigenvalue weighted by atomic mass is 32.2. The molecule has 0 radical (unpaired) electrons. The van der Waals surface area contributed by atoms with Crippen molar-refractivity contribution in [2.24, 2.45) is 0 Å². The van der Waals surface area contributed by atoms with Crippen molar-refractivity contribution in [3.8, 4) is 66.8 Å². The number of nitrogens with zero attached hydrogens (tertiary/aromatic N) is 1. The van der Waals surface area contributed by atoms with Gasteiger partial charge in [0.2, 0.25) is 0 Å². The van der Waals surface area contributed by atoms with E-state index in [1.165, 1.54) is 66.8 Å². The Balaban J connectivity index is 1.64. The van der Waals surface area contributed by atoms with Crippen molar-refractivity contribution in [1.82, 2.24) is 0 Å². The van der Waals surface area contributed by atoms with E-state index in [0.29, 0.717) is 4.90 Å². The van der Waals surface area contributed by atoms with Crippen LogP contribution in [0, 0.1) is 10.1 Å². The van der Waals surface area contributed by atoms with Gasteiger partial charge in [0.15, 0.2) is 0 Å². The number of hydrogen-bond donors (Lipinski definition) is 0. The molecule has 7 aromatic carbocycles. The lowest BCUT2D eigenvalue weighted by atomic mass is 9.80. The van der Waals surface area contributed by atoms with E-state index in [1.54, 1.807) is 0 Å². The minimum Gasteiger partial charge on any atom is -0.250 e. The van der Waals surface area contributed by atoms with Crippen molar-refractivity contribution in [2.75, 3.05) is 0 Å². The molecule has 0 heterocycles. The van der Waals surface area contributed by atoms with E-state index in [9.17, 15) is 10.1 Å². The van der Waals surface area contributed by atoms with Crippen LogP contribution in [0.3, 0.4) is 0 Å². The smallest absolute Gasteiger partial charge is 0.250 e. The molecular formula is C66H77NO2S. The van der Waals surface area contributed by atoms with Gasteiger partial charge >= 0.3 is 0 Å². The van der Waals surface area contributed by atoms with Crippen LogP contribution >= 0.6 is 11.9 Å². The molecule has 7 aromatic rings. The van der Waals surface area contributed by atoms with Crippen LogP contribution in [0.5, 0.6) is 0 Å². The highest BCUT2D eigenvalue weighted by Gasteiger charge is 2.27. The molecule has 0 unspecified atom stereocenters. The Morgan fingerprint density at radius 1 is 0.314 bits per heavy atom. The summed E-state index contributed by atoms with van der Waals surface area (Å²) < 4.78 is -0.219. The topological polar surface area (TPSA) is 43.1 Å². The van der Waals surface area contributed by atoms with Gasteiger partial charge in [-0.2, -0.15) is 0 Å². The van der Waals surface area contributed by atoms with Gasteiger partial charge in [-0.25, -0.2) is 0 Å². The lowest BCUT2D eigenvalue weighted by Gasteiger charge is -2.25. The first-order valence-electron chi connectivity index (χ1n) is 26.0. The van der Waals surface area contributed by atoms with Crippen LogP contribution in [0.25, 0.3) is 66.8 Å². The van der Waals surface area contributed by atoms with Gasteiger partial charge in [0, 0.05) is 11.1 Å². The summed E-state index contributed by atoms with van der Waals surface area (Å²) in [5.41, 5.74) is 23.7. The monoisotopic (exact) mass is 948 g/mol. The fourth-order valence-corrected chi connectivity index (χ4v) is 11.6. The molecule has 4 heteroatoms.